The minimum Gasteiger partial charge on any atom is -0.493 e. The van der Waals surface area contributed by atoms with Crippen LogP contribution in [0.1, 0.15) is 29.3 Å². The van der Waals surface area contributed by atoms with E-state index in [0.29, 0.717) is 30.2 Å². The number of rotatable bonds is 8. The lowest BCUT2D eigenvalue weighted by Crippen LogP contribution is -2.24. The van der Waals surface area contributed by atoms with Crippen molar-refractivity contribution in [2.24, 2.45) is 0 Å². The first kappa shape index (κ1) is 19.2. The molecule has 0 aliphatic heterocycles. The van der Waals surface area contributed by atoms with Crippen LogP contribution < -0.4 is 20.5 Å². The quantitative estimate of drug-likeness (QED) is 0.615. The number of hydrogen-bond acceptors (Lipinski definition) is 5. The van der Waals surface area contributed by atoms with E-state index in [2.05, 4.69) is 17.2 Å². The lowest BCUT2D eigenvalue weighted by molar-refractivity contribution is 0.0951. The van der Waals surface area contributed by atoms with E-state index < -0.39 is 0 Å². The molecule has 0 saturated heterocycles. The number of aromatic nitrogens is 1. The predicted octanol–water partition coefficient (Wildman–Crippen LogP) is 4.17. The number of ether oxygens (including phenoxy) is 2. The molecule has 3 aromatic rings. The molecular weight excluding hydrogens is 354 g/mol. The van der Waals surface area contributed by atoms with Crippen molar-refractivity contribution < 1.29 is 14.3 Å². The molecule has 0 saturated carbocycles. The maximum atomic E-state index is 12.3. The number of nitrogen functional groups attached to an aromatic ring is 1. The molecule has 0 atom stereocenters. The van der Waals surface area contributed by atoms with Crippen LogP contribution in [-0.4, -0.2) is 17.5 Å². The fourth-order valence-corrected chi connectivity index (χ4v) is 2.59. The second kappa shape index (κ2) is 9.41. The Bertz CT molecular complexity index is 944. The van der Waals surface area contributed by atoms with Gasteiger partial charge in [0.25, 0.3) is 5.91 Å². The molecule has 0 radical (unpaired) electrons. The van der Waals surface area contributed by atoms with Crippen molar-refractivity contribution in [1.29, 1.82) is 0 Å². The molecule has 3 N–H and O–H groups in total. The van der Waals surface area contributed by atoms with Gasteiger partial charge in [-0.1, -0.05) is 25.1 Å². The standard InChI is InChI=1S/C22H23N3O3/c1-2-12-27-17-7-4-9-19(14-17)28-18-8-3-6-16(13-18)15-25-22(26)20-10-5-11-24-21(20)23/h3-11,13-14H,2,12,15H2,1H3,(H2,23,24)(H,25,26). The van der Waals surface area contributed by atoms with Crippen LogP contribution in [0.15, 0.2) is 66.9 Å². The number of anilines is 1. The van der Waals surface area contributed by atoms with E-state index in [9.17, 15) is 4.79 Å². The number of carbonyl (C=O) groups excluding carboxylic acids is 1. The Kier molecular flexibility index (Phi) is 6.46. The summed E-state index contributed by atoms with van der Waals surface area (Å²) in [6.07, 6.45) is 2.50. The number of hydrogen-bond donors (Lipinski definition) is 2. The van der Waals surface area contributed by atoms with Crippen molar-refractivity contribution in [3.05, 3.63) is 78.0 Å². The molecule has 0 spiro atoms. The number of amides is 1. The number of pyridine rings is 1. The topological polar surface area (TPSA) is 86.5 Å². The fourth-order valence-electron chi connectivity index (χ4n) is 2.59. The smallest absolute Gasteiger partial charge is 0.255 e. The van der Waals surface area contributed by atoms with Gasteiger partial charge in [0.1, 0.15) is 23.1 Å². The summed E-state index contributed by atoms with van der Waals surface area (Å²) < 4.78 is 11.6. The zero-order valence-corrected chi connectivity index (χ0v) is 15.7. The molecule has 6 heteroatoms. The van der Waals surface area contributed by atoms with Crippen LogP contribution in [0.2, 0.25) is 0 Å². The second-order valence-electron chi connectivity index (χ2n) is 6.19. The molecule has 6 nitrogen and oxygen atoms in total. The van der Waals surface area contributed by atoms with Crippen LogP contribution in [0.5, 0.6) is 17.2 Å². The lowest BCUT2D eigenvalue weighted by atomic mass is 10.2. The zero-order chi connectivity index (χ0) is 19.8. The highest BCUT2D eigenvalue weighted by Crippen LogP contribution is 2.26. The van der Waals surface area contributed by atoms with E-state index in [-0.39, 0.29) is 11.7 Å². The average Bonchev–Trinajstić information content (AvgIpc) is 2.71. The van der Waals surface area contributed by atoms with Gasteiger partial charge in [-0.2, -0.15) is 0 Å². The Morgan fingerprint density at radius 3 is 2.57 bits per heavy atom. The summed E-state index contributed by atoms with van der Waals surface area (Å²) in [6, 6.07) is 18.4. The molecule has 0 fully saturated rings. The first-order valence-corrected chi connectivity index (χ1v) is 9.14. The molecule has 0 unspecified atom stereocenters. The van der Waals surface area contributed by atoms with Crippen LogP contribution in [0.4, 0.5) is 5.82 Å². The van der Waals surface area contributed by atoms with Crippen molar-refractivity contribution in [3.63, 3.8) is 0 Å². The van der Waals surface area contributed by atoms with Crippen molar-refractivity contribution in [2.75, 3.05) is 12.3 Å². The van der Waals surface area contributed by atoms with Crippen molar-refractivity contribution in [3.8, 4) is 17.2 Å². The normalized spacial score (nSPS) is 10.3. The molecule has 0 aliphatic rings. The Hall–Kier alpha value is -3.54. The summed E-state index contributed by atoms with van der Waals surface area (Å²) >= 11 is 0. The van der Waals surface area contributed by atoms with Gasteiger partial charge < -0.3 is 20.5 Å². The third-order valence-corrected chi connectivity index (χ3v) is 3.95. The number of nitrogens with two attached hydrogens (primary N) is 1. The van der Waals surface area contributed by atoms with Crippen LogP contribution >= 0.6 is 0 Å². The van der Waals surface area contributed by atoms with E-state index in [0.717, 1.165) is 17.7 Å². The molecule has 0 bridgehead atoms. The van der Waals surface area contributed by atoms with Gasteiger partial charge in [0.05, 0.1) is 12.2 Å². The van der Waals surface area contributed by atoms with Crippen LogP contribution in [0.3, 0.4) is 0 Å². The predicted molar refractivity (Wildman–Crippen MR) is 109 cm³/mol. The maximum Gasteiger partial charge on any atom is 0.255 e. The number of benzene rings is 2. The van der Waals surface area contributed by atoms with Crippen molar-refractivity contribution in [2.45, 2.75) is 19.9 Å². The van der Waals surface area contributed by atoms with Crippen LogP contribution in [0, 0.1) is 0 Å². The third kappa shape index (κ3) is 5.23. The second-order valence-corrected chi connectivity index (χ2v) is 6.19. The SMILES string of the molecule is CCCOc1cccc(Oc2cccc(CNC(=O)c3cccnc3N)c2)c1. The molecule has 3 rings (SSSR count). The Morgan fingerprint density at radius 1 is 1.04 bits per heavy atom. The summed E-state index contributed by atoms with van der Waals surface area (Å²) in [6.45, 7) is 3.08. The first-order chi connectivity index (χ1) is 13.7. The molecule has 0 aliphatic carbocycles. The number of carbonyl (C=O) groups is 1. The number of nitrogens with zero attached hydrogens (tertiary/aromatic N) is 1. The van der Waals surface area contributed by atoms with E-state index in [1.54, 1.807) is 18.3 Å². The highest BCUT2D eigenvalue weighted by atomic mass is 16.5. The molecule has 1 aromatic heterocycles. The fraction of sp³-hybridized carbons (Fsp3) is 0.182. The molecule has 2 aromatic carbocycles. The highest BCUT2D eigenvalue weighted by Gasteiger charge is 2.09. The van der Waals surface area contributed by atoms with Crippen molar-refractivity contribution in [1.82, 2.24) is 10.3 Å². The molecule has 1 heterocycles. The Balaban J connectivity index is 1.63. The van der Waals surface area contributed by atoms with Crippen molar-refractivity contribution >= 4 is 11.7 Å². The van der Waals surface area contributed by atoms with E-state index in [1.807, 2.05) is 48.5 Å². The summed E-state index contributed by atoms with van der Waals surface area (Å²) in [5.74, 6) is 2.09. The molecule has 144 valence electrons. The largest absolute Gasteiger partial charge is 0.493 e. The third-order valence-electron chi connectivity index (χ3n) is 3.95. The average molecular weight is 377 g/mol. The molecular formula is C22H23N3O3. The van der Waals surface area contributed by atoms with E-state index in [4.69, 9.17) is 15.2 Å². The van der Waals surface area contributed by atoms with Gasteiger partial charge in [-0.3, -0.25) is 4.79 Å². The van der Waals surface area contributed by atoms with Crippen LogP contribution in [0.25, 0.3) is 0 Å². The monoisotopic (exact) mass is 377 g/mol. The van der Waals surface area contributed by atoms with Gasteiger partial charge in [0, 0.05) is 18.8 Å². The van der Waals surface area contributed by atoms with Gasteiger partial charge in [-0.25, -0.2) is 4.98 Å². The molecule has 1 amide bonds. The van der Waals surface area contributed by atoms with Gasteiger partial charge in [-0.15, -0.1) is 0 Å². The Morgan fingerprint density at radius 2 is 1.79 bits per heavy atom. The van der Waals surface area contributed by atoms with Gasteiger partial charge in [0.15, 0.2) is 0 Å². The minimum atomic E-state index is -0.266. The van der Waals surface area contributed by atoms with Gasteiger partial charge in [-0.05, 0) is 48.4 Å². The lowest BCUT2D eigenvalue weighted by Gasteiger charge is -2.11. The van der Waals surface area contributed by atoms with Crippen LogP contribution in [-0.2, 0) is 6.54 Å². The summed E-state index contributed by atoms with van der Waals surface area (Å²) in [7, 11) is 0. The molecule has 28 heavy (non-hydrogen) atoms. The van der Waals surface area contributed by atoms with Gasteiger partial charge in [0.2, 0.25) is 0 Å². The zero-order valence-electron chi connectivity index (χ0n) is 15.7. The number of nitrogens with one attached hydrogen (secondary N) is 1. The first-order valence-electron chi connectivity index (χ1n) is 9.14. The highest BCUT2D eigenvalue weighted by molar-refractivity contribution is 5.98. The van der Waals surface area contributed by atoms with E-state index >= 15 is 0 Å². The minimum absolute atomic E-state index is 0.210. The Labute approximate surface area is 164 Å². The summed E-state index contributed by atoms with van der Waals surface area (Å²) in [5, 5.41) is 2.84. The van der Waals surface area contributed by atoms with E-state index in [1.165, 1.54) is 0 Å². The van der Waals surface area contributed by atoms with Gasteiger partial charge >= 0.3 is 0 Å². The summed E-state index contributed by atoms with van der Waals surface area (Å²) in [4.78, 5) is 16.2. The maximum absolute atomic E-state index is 12.3. The summed E-state index contributed by atoms with van der Waals surface area (Å²) in [5.41, 5.74) is 7.01.